The summed E-state index contributed by atoms with van der Waals surface area (Å²) in [5, 5.41) is 0. The standard InChI is InChI=1S/C13H10BrFN2O.BrH/c14-12(9-5-6-17-11(16)7-9)13(18)8-1-3-10(15)4-2-8;/h1-7,12H,(H2,16,17);1H. The molecule has 19 heavy (non-hydrogen) atoms. The predicted molar refractivity (Wildman–Crippen MR) is 81.4 cm³/mol. The molecule has 0 aliphatic rings. The smallest absolute Gasteiger partial charge is 0.180 e. The number of rotatable bonds is 3. The second-order valence-corrected chi connectivity index (χ2v) is 4.66. The molecular formula is C13H11Br2FN2O. The maximum absolute atomic E-state index is 12.8. The molecule has 6 heteroatoms. The van der Waals surface area contributed by atoms with Crippen molar-refractivity contribution >= 4 is 44.5 Å². The first-order valence-electron chi connectivity index (χ1n) is 5.23. The van der Waals surface area contributed by atoms with Crippen LogP contribution < -0.4 is 5.73 Å². The number of halogens is 3. The Morgan fingerprint density at radius 3 is 2.47 bits per heavy atom. The molecule has 0 spiro atoms. The van der Waals surface area contributed by atoms with E-state index >= 15 is 0 Å². The van der Waals surface area contributed by atoms with Gasteiger partial charge in [-0.25, -0.2) is 9.37 Å². The van der Waals surface area contributed by atoms with Crippen molar-refractivity contribution in [1.29, 1.82) is 0 Å². The van der Waals surface area contributed by atoms with Crippen molar-refractivity contribution in [3.05, 3.63) is 59.5 Å². The van der Waals surface area contributed by atoms with Crippen LogP contribution in [0, 0.1) is 5.82 Å². The lowest BCUT2D eigenvalue weighted by atomic mass is 10.0. The summed E-state index contributed by atoms with van der Waals surface area (Å²) in [6, 6.07) is 8.76. The van der Waals surface area contributed by atoms with Gasteiger partial charge in [-0.3, -0.25) is 4.79 Å². The summed E-state index contributed by atoms with van der Waals surface area (Å²) in [4.78, 5) is 15.5. The summed E-state index contributed by atoms with van der Waals surface area (Å²) in [5.74, 6) is -0.171. The highest BCUT2D eigenvalue weighted by molar-refractivity contribution is 9.09. The zero-order valence-electron chi connectivity index (χ0n) is 9.72. The summed E-state index contributed by atoms with van der Waals surface area (Å²) in [6.07, 6.45) is 1.54. The van der Waals surface area contributed by atoms with Gasteiger partial charge in [0.05, 0.1) is 0 Å². The first-order chi connectivity index (χ1) is 8.58. The average molecular weight is 390 g/mol. The van der Waals surface area contributed by atoms with Crippen LogP contribution in [0.5, 0.6) is 0 Å². The summed E-state index contributed by atoms with van der Waals surface area (Å²) in [7, 11) is 0. The van der Waals surface area contributed by atoms with Crippen LogP contribution in [0.2, 0.25) is 0 Å². The number of nitrogen functional groups attached to an aromatic ring is 1. The van der Waals surface area contributed by atoms with E-state index in [2.05, 4.69) is 20.9 Å². The monoisotopic (exact) mass is 388 g/mol. The minimum Gasteiger partial charge on any atom is -0.384 e. The quantitative estimate of drug-likeness (QED) is 0.643. The highest BCUT2D eigenvalue weighted by Gasteiger charge is 2.19. The number of anilines is 1. The molecule has 1 atom stereocenters. The van der Waals surface area contributed by atoms with Gasteiger partial charge in [0.15, 0.2) is 5.78 Å². The minimum atomic E-state index is -0.520. The Labute approximate surface area is 128 Å². The average Bonchev–Trinajstić information content (AvgIpc) is 2.38. The number of Topliss-reactive ketones (excluding diaryl/α,β-unsaturated/α-hetero) is 1. The fourth-order valence-corrected chi connectivity index (χ4v) is 2.08. The van der Waals surface area contributed by atoms with Gasteiger partial charge in [0.1, 0.15) is 16.5 Å². The van der Waals surface area contributed by atoms with Gasteiger partial charge in [0, 0.05) is 11.8 Å². The van der Waals surface area contributed by atoms with Crippen LogP contribution in [0.3, 0.4) is 0 Å². The maximum atomic E-state index is 12.8. The maximum Gasteiger partial charge on any atom is 0.180 e. The third-order valence-electron chi connectivity index (χ3n) is 2.46. The first-order valence-corrected chi connectivity index (χ1v) is 6.15. The van der Waals surface area contributed by atoms with Gasteiger partial charge in [0.2, 0.25) is 0 Å². The second-order valence-electron chi connectivity index (χ2n) is 3.75. The summed E-state index contributed by atoms with van der Waals surface area (Å²) in [6.45, 7) is 0. The van der Waals surface area contributed by atoms with Gasteiger partial charge in [-0.05, 0) is 42.0 Å². The van der Waals surface area contributed by atoms with Crippen LogP contribution in [0.15, 0.2) is 42.6 Å². The predicted octanol–water partition coefficient (Wildman–Crippen LogP) is 3.70. The van der Waals surface area contributed by atoms with Crippen molar-refractivity contribution < 1.29 is 9.18 Å². The van der Waals surface area contributed by atoms with Crippen LogP contribution in [-0.4, -0.2) is 10.8 Å². The molecule has 3 nitrogen and oxygen atoms in total. The molecule has 0 saturated carbocycles. The Bertz CT molecular complexity index is 575. The molecule has 1 unspecified atom stereocenters. The van der Waals surface area contributed by atoms with E-state index in [-0.39, 0.29) is 28.6 Å². The molecule has 2 N–H and O–H groups in total. The molecule has 0 aliphatic carbocycles. The summed E-state index contributed by atoms with van der Waals surface area (Å²) in [5.41, 5.74) is 6.72. The molecule has 0 bridgehead atoms. The van der Waals surface area contributed by atoms with Crippen LogP contribution >= 0.6 is 32.9 Å². The van der Waals surface area contributed by atoms with Gasteiger partial charge >= 0.3 is 0 Å². The van der Waals surface area contributed by atoms with Crippen molar-refractivity contribution in [3.8, 4) is 0 Å². The fourth-order valence-electron chi connectivity index (χ4n) is 1.54. The number of ketones is 1. The number of carbonyl (C=O) groups is 1. The normalized spacial score (nSPS) is 11.5. The molecule has 0 amide bonds. The molecule has 0 saturated heterocycles. The van der Waals surface area contributed by atoms with Gasteiger partial charge in [0.25, 0.3) is 0 Å². The Morgan fingerprint density at radius 1 is 1.26 bits per heavy atom. The Balaban J connectivity index is 0.00000180. The van der Waals surface area contributed by atoms with E-state index in [4.69, 9.17) is 5.73 Å². The molecule has 1 heterocycles. The lowest BCUT2D eigenvalue weighted by Crippen LogP contribution is -2.07. The molecule has 100 valence electrons. The number of nitrogens with zero attached hydrogens (tertiary/aromatic N) is 1. The Morgan fingerprint density at radius 2 is 1.89 bits per heavy atom. The number of benzene rings is 1. The van der Waals surface area contributed by atoms with E-state index in [0.717, 1.165) is 5.56 Å². The fraction of sp³-hybridized carbons (Fsp3) is 0.0769. The van der Waals surface area contributed by atoms with Crippen molar-refractivity contribution in [2.24, 2.45) is 0 Å². The lowest BCUT2D eigenvalue weighted by molar-refractivity contribution is 0.0991. The molecule has 0 aliphatic heterocycles. The van der Waals surface area contributed by atoms with Crippen molar-refractivity contribution in [2.45, 2.75) is 4.83 Å². The number of pyridine rings is 1. The van der Waals surface area contributed by atoms with Crippen LogP contribution in [-0.2, 0) is 0 Å². The highest BCUT2D eigenvalue weighted by Crippen LogP contribution is 2.27. The summed E-state index contributed by atoms with van der Waals surface area (Å²) >= 11 is 3.31. The van der Waals surface area contributed by atoms with Gasteiger partial charge < -0.3 is 5.73 Å². The molecule has 2 aromatic rings. The van der Waals surface area contributed by atoms with Crippen molar-refractivity contribution in [3.63, 3.8) is 0 Å². The van der Waals surface area contributed by atoms with E-state index in [1.54, 1.807) is 12.1 Å². The van der Waals surface area contributed by atoms with E-state index in [1.807, 2.05) is 0 Å². The van der Waals surface area contributed by atoms with Crippen molar-refractivity contribution in [1.82, 2.24) is 4.98 Å². The van der Waals surface area contributed by atoms with Gasteiger partial charge in [-0.2, -0.15) is 0 Å². The van der Waals surface area contributed by atoms with Gasteiger partial charge in [-0.1, -0.05) is 15.9 Å². The Hall–Kier alpha value is -1.27. The second kappa shape index (κ2) is 6.77. The SMILES string of the molecule is Br.Nc1cc(C(Br)C(=O)c2ccc(F)cc2)ccn1. The largest absolute Gasteiger partial charge is 0.384 e. The Kier molecular flexibility index (Phi) is 5.62. The van der Waals surface area contributed by atoms with Crippen molar-refractivity contribution in [2.75, 3.05) is 5.73 Å². The number of nitrogens with two attached hydrogens (primary N) is 1. The molecule has 2 rings (SSSR count). The topological polar surface area (TPSA) is 56.0 Å². The molecular weight excluding hydrogens is 379 g/mol. The van der Waals surface area contributed by atoms with Crippen LogP contribution in [0.4, 0.5) is 10.2 Å². The minimum absolute atomic E-state index is 0. The highest BCUT2D eigenvalue weighted by atomic mass is 79.9. The van der Waals surface area contributed by atoms with Crippen LogP contribution in [0.25, 0.3) is 0 Å². The number of hydrogen-bond donors (Lipinski definition) is 1. The van der Waals surface area contributed by atoms with Gasteiger partial charge in [-0.15, -0.1) is 17.0 Å². The lowest BCUT2D eigenvalue weighted by Gasteiger charge is -2.09. The van der Waals surface area contributed by atoms with Crippen LogP contribution in [0.1, 0.15) is 20.7 Å². The number of carbonyl (C=O) groups excluding carboxylic acids is 1. The van der Waals surface area contributed by atoms with E-state index in [1.165, 1.54) is 30.5 Å². The third-order valence-corrected chi connectivity index (χ3v) is 3.40. The molecule has 1 aromatic heterocycles. The zero-order chi connectivity index (χ0) is 13.1. The molecule has 1 aromatic carbocycles. The summed E-state index contributed by atoms with van der Waals surface area (Å²) < 4.78 is 12.8. The number of aromatic nitrogens is 1. The zero-order valence-corrected chi connectivity index (χ0v) is 13.0. The first kappa shape index (κ1) is 15.8. The molecule has 0 radical (unpaired) electrons. The van der Waals surface area contributed by atoms with E-state index in [0.29, 0.717) is 11.4 Å². The number of hydrogen-bond acceptors (Lipinski definition) is 3. The number of alkyl halides is 1. The van der Waals surface area contributed by atoms with E-state index < -0.39 is 4.83 Å². The third kappa shape index (κ3) is 3.84. The van der Waals surface area contributed by atoms with E-state index in [9.17, 15) is 9.18 Å². The molecule has 0 fully saturated rings.